The van der Waals surface area contributed by atoms with Gasteiger partial charge in [-0.1, -0.05) is 42.5 Å². The molecule has 1 aliphatic carbocycles. The molecule has 1 fully saturated rings. The normalized spacial score (nSPS) is 16.1. The molecule has 0 unspecified atom stereocenters. The van der Waals surface area contributed by atoms with Crippen molar-refractivity contribution in [2.24, 2.45) is 0 Å². The van der Waals surface area contributed by atoms with Crippen LogP contribution in [0.15, 0.2) is 48.5 Å². The maximum absolute atomic E-state index is 13.4. The van der Waals surface area contributed by atoms with Crippen LogP contribution in [-0.4, -0.2) is 49.3 Å². The minimum absolute atomic E-state index is 0.0161. The smallest absolute Gasteiger partial charge is 0.239 e. The number of hydrogen-bond donors (Lipinski definition) is 1. The lowest BCUT2D eigenvalue weighted by Gasteiger charge is -2.36. The van der Waals surface area contributed by atoms with Crippen molar-refractivity contribution in [3.63, 3.8) is 0 Å². The number of nitrogens with zero attached hydrogens (tertiary/aromatic N) is 2. The van der Waals surface area contributed by atoms with E-state index in [0.717, 1.165) is 62.4 Å². The van der Waals surface area contributed by atoms with Gasteiger partial charge in [0.2, 0.25) is 5.91 Å². The van der Waals surface area contributed by atoms with Crippen LogP contribution in [0.2, 0.25) is 0 Å². The lowest BCUT2D eigenvalue weighted by molar-refractivity contribution is -0.117. The Labute approximate surface area is 211 Å². The number of thiophene rings is 1. The summed E-state index contributed by atoms with van der Waals surface area (Å²) < 4.78 is 0. The summed E-state index contributed by atoms with van der Waals surface area (Å²) >= 11 is 1.60. The number of nitrogens with one attached hydrogen (secondary N) is 1. The fraction of sp³-hybridized carbons (Fsp3) is 0.379. The highest BCUT2D eigenvalue weighted by atomic mass is 32.1. The molecule has 1 amide bonds. The van der Waals surface area contributed by atoms with Gasteiger partial charge in [0.05, 0.1) is 12.1 Å². The third-order valence-electron chi connectivity index (χ3n) is 7.34. The summed E-state index contributed by atoms with van der Waals surface area (Å²) in [5.41, 5.74) is 6.47. The van der Waals surface area contributed by atoms with Crippen molar-refractivity contribution in [3.05, 3.63) is 81.2 Å². The van der Waals surface area contributed by atoms with Crippen LogP contribution in [0.1, 0.15) is 50.3 Å². The number of benzene rings is 2. The van der Waals surface area contributed by atoms with E-state index in [-0.39, 0.29) is 11.7 Å². The van der Waals surface area contributed by atoms with Crippen LogP contribution in [0.3, 0.4) is 0 Å². The van der Waals surface area contributed by atoms with Gasteiger partial charge in [-0.15, -0.1) is 11.3 Å². The zero-order valence-corrected chi connectivity index (χ0v) is 21.4. The highest BCUT2D eigenvalue weighted by Crippen LogP contribution is 2.39. The molecule has 0 atom stereocenters. The van der Waals surface area contributed by atoms with Gasteiger partial charge in [-0.3, -0.25) is 14.5 Å². The molecular formula is C29H33N3O2S. The number of ketones is 1. The highest BCUT2D eigenvalue weighted by Gasteiger charge is 2.28. The van der Waals surface area contributed by atoms with Gasteiger partial charge in [-0.25, -0.2) is 0 Å². The standard InChI is InChI=1S/C29H33N3O2S/c1-20-9-8-13-24(21(20)2)32-17-15-31(16-18-32)19-26(33)30-29-27(23-12-6-7-14-25(23)35-29)28(34)22-10-4-3-5-11-22/h3-5,8-11,13H,6-7,12,14-19H2,1-2H3,(H,30,33). The summed E-state index contributed by atoms with van der Waals surface area (Å²) in [6.45, 7) is 8.18. The van der Waals surface area contributed by atoms with Gasteiger partial charge < -0.3 is 10.2 Å². The number of amides is 1. The van der Waals surface area contributed by atoms with Gasteiger partial charge in [-0.2, -0.15) is 0 Å². The zero-order valence-electron chi connectivity index (χ0n) is 20.6. The van der Waals surface area contributed by atoms with E-state index < -0.39 is 0 Å². The number of carbonyl (C=O) groups excluding carboxylic acids is 2. The molecule has 2 aromatic carbocycles. The molecule has 3 aromatic rings. The first-order valence-electron chi connectivity index (χ1n) is 12.6. The lowest BCUT2D eigenvalue weighted by Crippen LogP contribution is -2.48. The molecule has 182 valence electrons. The topological polar surface area (TPSA) is 52.6 Å². The minimum Gasteiger partial charge on any atom is -0.369 e. The van der Waals surface area contributed by atoms with Crippen molar-refractivity contribution >= 4 is 33.7 Å². The van der Waals surface area contributed by atoms with Crippen LogP contribution in [-0.2, 0) is 17.6 Å². The summed E-state index contributed by atoms with van der Waals surface area (Å²) in [5, 5.41) is 3.86. The molecule has 1 aromatic heterocycles. The third kappa shape index (κ3) is 5.04. The Morgan fingerprint density at radius 3 is 2.43 bits per heavy atom. The van der Waals surface area contributed by atoms with E-state index in [1.807, 2.05) is 30.3 Å². The average molecular weight is 488 g/mol. The van der Waals surface area contributed by atoms with Gasteiger partial charge in [-0.05, 0) is 62.3 Å². The average Bonchev–Trinajstić information content (AvgIpc) is 3.24. The Hall–Kier alpha value is -2.96. The van der Waals surface area contributed by atoms with E-state index in [4.69, 9.17) is 0 Å². The monoisotopic (exact) mass is 487 g/mol. The summed E-state index contributed by atoms with van der Waals surface area (Å²) in [4.78, 5) is 32.4. The molecule has 1 N–H and O–H groups in total. The molecule has 0 saturated carbocycles. The van der Waals surface area contributed by atoms with Crippen molar-refractivity contribution in [2.45, 2.75) is 39.5 Å². The number of piperazine rings is 1. The van der Waals surface area contributed by atoms with Gasteiger partial charge in [0.15, 0.2) is 5.78 Å². The van der Waals surface area contributed by atoms with E-state index in [1.165, 1.54) is 21.7 Å². The number of rotatable bonds is 6. The van der Waals surface area contributed by atoms with E-state index >= 15 is 0 Å². The van der Waals surface area contributed by atoms with E-state index in [2.05, 4.69) is 47.2 Å². The maximum Gasteiger partial charge on any atom is 0.239 e. The largest absolute Gasteiger partial charge is 0.369 e. The fourth-order valence-corrected chi connectivity index (χ4v) is 6.53. The number of hydrogen-bond acceptors (Lipinski definition) is 5. The van der Waals surface area contributed by atoms with Crippen LogP contribution in [0.25, 0.3) is 0 Å². The molecule has 0 spiro atoms. The van der Waals surface area contributed by atoms with Crippen molar-refractivity contribution < 1.29 is 9.59 Å². The molecule has 0 radical (unpaired) electrons. The zero-order chi connectivity index (χ0) is 24.4. The number of anilines is 2. The number of carbonyl (C=O) groups is 2. The van der Waals surface area contributed by atoms with Crippen LogP contribution in [0, 0.1) is 13.8 Å². The fourth-order valence-electron chi connectivity index (χ4n) is 5.22. The molecule has 0 bridgehead atoms. The molecule has 1 aliphatic heterocycles. The SMILES string of the molecule is Cc1cccc(N2CCN(CC(=O)Nc3sc4c(c3C(=O)c3ccccc3)CCCC4)CC2)c1C. The van der Waals surface area contributed by atoms with Gasteiger partial charge in [0.25, 0.3) is 0 Å². The minimum atomic E-state index is -0.0362. The highest BCUT2D eigenvalue weighted by molar-refractivity contribution is 7.17. The molecule has 2 heterocycles. The van der Waals surface area contributed by atoms with Crippen molar-refractivity contribution in [1.29, 1.82) is 0 Å². The Morgan fingerprint density at radius 2 is 1.66 bits per heavy atom. The van der Waals surface area contributed by atoms with Gasteiger partial charge in [0.1, 0.15) is 5.00 Å². The summed E-state index contributed by atoms with van der Waals surface area (Å²) in [6.07, 6.45) is 4.14. The van der Waals surface area contributed by atoms with Crippen molar-refractivity contribution in [3.8, 4) is 0 Å². The summed E-state index contributed by atoms with van der Waals surface area (Å²) in [5.74, 6) is -0.0201. The van der Waals surface area contributed by atoms with E-state index in [0.29, 0.717) is 17.7 Å². The Kier molecular flexibility index (Phi) is 7.02. The number of fused-ring (bicyclic) bond motifs is 1. The molecule has 6 heteroatoms. The molecular weight excluding hydrogens is 454 g/mol. The molecule has 5 nitrogen and oxygen atoms in total. The predicted octanol–water partition coefficient (Wildman–Crippen LogP) is 5.24. The Bertz CT molecular complexity index is 1230. The summed E-state index contributed by atoms with van der Waals surface area (Å²) in [7, 11) is 0. The van der Waals surface area contributed by atoms with Crippen LogP contribution in [0.5, 0.6) is 0 Å². The van der Waals surface area contributed by atoms with Crippen molar-refractivity contribution in [1.82, 2.24) is 4.90 Å². The van der Waals surface area contributed by atoms with E-state index in [1.54, 1.807) is 11.3 Å². The Balaban J connectivity index is 1.26. The lowest BCUT2D eigenvalue weighted by atomic mass is 9.92. The van der Waals surface area contributed by atoms with Gasteiger partial charge >= 0.3 is 0 Å². The van der Waals surface area contributed by atoms with Crippen molar-refractivity contribution in [2.75, 3.05) is 42.9 Å². The van der Waals surface area contributed by atoms with Crippen LogP contribution < -0.4 is 10.2 Å². The van der Waals surface area contributed by atoms with E-state index in [9.17, 15) is 9.59 Å². The quantitative estimate of drug-likeness (QED) is 0.484. The second-order valence-electron chi connectivity index (χ2n) is 9.64. The third-order valence-corrected chi connectivity index (χ3v) is 8.55. The first kappa shape index (κ1) is 23.8. The molecule has 35 heavy (non-hydrogen) atoms. The molecule has 5 rings (SSSR count). The maximum atomic E-state index is 13.4. The first-order valence-corrected chi connectivity index (χ1v) is 13.4. The second kappa shape index (κ2) is 10.3. The second-order valence-corrected chi connectivity index (χ2v) is 10.7. The summed E-state index contributed by atoms with van der Waals surface area (Å²) in [6, 6.07) is 15.9. The predicted molar refractivity (Wildman–Crippen MR) is 144 cm³/mol. The van der Waals surface area contributed by atoms with Crippen LogP contribution >= 0.6 is 11.3 Å². The molecule has 1 saturated heterocycles. The first-order chi connectivity index (χ1) is 17.0. The van der Waals surface area contributed by atoms with Crippen LogP contribution in [0.4, 0.5) is 10.7 Å². The van der Waals surface area contributed by atoms with Gasteiger partial charge in [0, 0.05) is 42.3 Å². The Morgan fingerprint density at radius 1 is 0.914 bits per heavy atom. The molecule has 2 aliphatic rings. The number of aryl methyl sites for hydroxylation is 2.